The van der Waals surface area contributed by atoms with Gasteiger partial charge >= 0.3 is 0 Å². The Balaban J connectivity index is 1.91. The molecule has 1 aliphatic rings. The molecule has 1 amide bonds. The van der Waals surface area contributed by atoms with Gasteiger partial charge in [0.2, 0.25) is 5.91 Å². The van der Waals surface area contributed by atoms with Crippen molar-refractivity contribution in [3.63, 3.8) is 0 Å². The normalized spacial score (nSPS) is 18.0. The third-order valence-electron chi connectivity index (χ3n) is 5.36. The fraction of sp³-hybridized carbons (Fsp3) is 0.304. The zero-order chi connectivity index (χ0) is 22.1. The van der Waals surface area contributed by atoms with Gasteiger partial charge in [0.25, 0.3) is 0 Å². The first kappa shape index (κ1) is 21.1. The van der Waals surface area contributed by atoms with Crippen molar-refractivity contribution >= 4 is 23.5 Å². The molecular weight excluding hydrogens is 414 g/mol. The number of carbonyl (C=O) groups excluding carboxylic acids is 1. The Morgan fingerprint density at radius 2 is 1.68 bits per heavy atom. The van der Waals surface area contributed by atoms with E-state index in [1.165, 1.54) is 0 Å². The molecule has 0 spiro atoms. The topological polar surface area (TPSA) is 74.6 Å². The number of methoxy groups -OCH3 is 3. The van der Waals surface area contributed by atoms with Crippen molar-refractivity contribution in [1.82, 2.24) is 9.78 Å². The highest BCUT2D eigenvalue weighted by Gasteiger charge is 2.35. The van der Waals surface area contributed by atoms with Crippen molar-refractivity contribution in [2.24, 2.45) is 0 Å². The van der Waals surface area contributed by atoms with Gasteiger partial charge in [-0.15, -0.1) is 11.8 Å². The minimum Gasteiger partial charge on any atom is -0.497 e. The van der Waals surface area contributed by atoms with Gasteiger partial charge in [0.15, 0.2) is 0 Å². The lowest BCUT2D eigenvalue weighted by atomic mass is 10.0. The number of benzene rings is 2. The van der Waals surface area contributed by atoms with Crippen molar-refractivity contribution in [3.05, 3.63) is 59.3 Å². The monoisotopic (exact) mass is 439 g/mol. The summed E-state index contributed by atoms with van der Waals surface area (Å²) in [4.78, 5) is 12.9. The summed E-state index contributed by atoms with van der Waals surface area (Å²) in [6.45, 7) is 3.87. The molecule has 7 nitrogen and oxygen atoms in total. The van der Waals surface area contributed by atoms with Gasteiger partial charge in [0.05, 0.1) is 43.2 Å². The fourth-order valence-corrected chi connectivity index (χ4v) is 5.05. The number of aromatic nitrogens is 2. The van der Waals surface area contributed by atoms with Gasteiger partial charge < -0.3 is 19.5 Å². The zero-order valence-corrected chi connectivity index (χ0v) is 18.9. The van der Waals surface area contributed by atoms with Gasteiger partial charge in [-0.25, -0.2) is 4.68 Å². The predicted molar refractivity (Wildman–Crippen MR) is 122 cm³/mol. The molecule has 0 saturated heterocycles. The first-order valence-electron chi connectivity index (χ1n) is 9.89. The van der Waals surface area contributed by atoms with E-state index in [0.29, 0.717) is 5.82 Å². The summed E-state index contributed by atoms with van der Waals surface area (Å²) >= 11 is 1.57. The van der Waals surface area contributed by atoms with Crippen LogP contribution in [0.4, 0.5) is 5.82 Å². The van der Waals surface area contributed by atoms with E-state index in [1.807, 2.05) is 56.3 Å². The number of amides is 1. The summed E-state index contributed by atoms with van der Waals surface area (Å²) in [7, 11) is 4.91. The molecule has 2 atom stereocenters. The molecule has 1 N–H and O–H groups in total. The molecule has 8 heteroatoms. The van der Waals surface area contributed by atoms with Crippen LogP contribution in [0.5, 0.6) is 17.2 Å². The molecule has 0 radical (unpaired) electrons. The Morgan fingerprint density at radius 3 is 2.32 bits per heavy atom. The van der Waals surface area contributed by atoms with Crippen molar-refractivity contribution < 1.29 is 19.0 Å². The second-order valence-electron chi connectivity index (χ2n) is 7.21. The van der Waals surface area contributed by atoms with Crippen LogP contribution in [0.2, 0.25) is 0 Å². The SMILES string of the molecule is COc1ccc(-n2nc(C)c3c2NC(=O)C(C)SC3c2cc(OC)ccc2OC)cc1. The van der Waals surface area contributed by atoms with E-state index in [1.54, 1.807) is 37.8 Å². The van der Waals surface area contributed by atoms with Crippen LogP contribution in [0.1, 0.15) is 29.0 Å². The molecular formula is C23H25N3O4S. The minimum atomic E-state index is -0.267. The Morgan fingerprint density at radius 1 is 1.00 bits per heavy atom. The minimum absolute atomic E-state index is 0.0646. The number of hydrogen-bond donors (Lipinski definition) is 1. The van der Waals surface area contributed by atoms with Gasteiger partial charge in [0, 0.05) is 11.1 Å². The number of fused-ring (bicyclic) bond motifs is 1. The van der Waals surface area contributed by atoms with E-state index in [9.17, 15) is 4.79 Å². The maximum atomic E-state index is 12.9. The number of ether oxygens (including phenoxy) is 3. The molecule has 4 rings (SSSR count). The first-order valence-corrected chi connectivity index (χ1v) is 10.8. The van der Waals surface area contributed by atoms with E-state index in [0.717, 1.165) is 39.8 Å². The highest BCUT2D eigenvalue weighted by Crippen LogP contribution is 2.49. The van der Waals surface area contributed by atoms with E-state index in [-0.39, 0.29) is 16.4 Å². The van der Waals surface area contributed by atoms with E-state index in [2.05, 4.69) is 5.32 Å². The highest BCUT2D eigenvalue weighted by atomic mass is 32.2. The number of carbonyl (C=O) groups is 1. The molecule has 0 fully saturated rings. The number of nitrogens with zero attached hydrogens (tertiary/aromatic N) is 2. The quantitative estimate of drug-likeness (QED) is 0.636. The van der Waals surface area contributed by atoms with Crippen LogP contribution in [0.3, 0.4) is 0 Å². The Hall–Kier alpha value is -3.13. The summed E-state index contributed by atoms with van der Waals surface area (Å²) < 4.78 is 18.2. The van der Waals surface area contributed by atoms with Crippen LogP contribution in [0.25, 0.3) is 5.69 Å². The Labute approximate surface area is 185 Å². The van der Waals surface area contributed by atoms with Crippen LogP contribution in [0.15, 0.2) is 42.5 Å². The summed E-state index contributed by atoms with van der Waals surface area (Å²) in [6.07, 6.45) is 0. The summed E-state index contributed by atoms with van der Waals surface area (Å²) in [5.41, 5.74) is 3.56. The molecule has 1 aliphatic heterocycles. The van der Waals surface area contributed by atoms with Gasteiger partial charge in [0.1, 0.15) is 23.1 Å². The standard InChI is InChI=1S/C23H25N3O4S/c1-13-20-21(18-12-17(29-4)10-11-19(18)30-5)31-14(2)23(27)24-22(20)26(25-13)15-6-8-16(28-3)9-7-15/h6-12,14,21H,1-5H3,(H,24,27). The number of aryl methyl sites for hydroxylation is 1. The molecule has 0 aliphatic carbocycles. The van der Waals surface area contributed by atoms with Gasteiger partial charge in [-0.2, -0.15) is 5.10 Å². The van der Waals surface area contributed by atoms with E-state index in [4.69, 9.17) is 19.3 Å². The molecule has 0 saturated carbocycles. The Bertz CT molecular complexity index is 1110. The summed E-state index contributed by atoms with van der Waals surface area (Å²) in [5.74, 6) is 2.83. The second kappa shape index (κ2) is 8.55. The highest BCUT2D eigenvalue weighted by molar-refractivity contribution is 8.01. The van der Waals surface area contributed by atoms with Gasteiger partial charge in [-0.05, 0) is 56.3 Å². The molecule has 1 aromatic heterocycles. The lowest BCUT2D eigenvalue weighted by Gasteiger charge is -2.20. The molecule has 162 valence electrons. The summed E-state index contributed by atoms with van der Waals surface area (Å²) in [5, 5.41) is 7.43. The van der Waals surface area contributed by atoms with Gasteiger partial charge in [-0.3, -0.25) is 4.79 Å². The smallest absolute Gasteiger partial charge is 0.238 e. The van der Waals surface area contributed by atoms with Gasteiger partial charge in [-0.1, -0.05) is 0 Å². The molecule has 2 heterocycles. The van der Waals surface area contributed by atoms with Crippen molar-refractivity contribution in [1.29, 1.82) is 0 Å². The third-order valence-corrected chi connectivity index (χ3v) is 6.74. The average Bonchev–Trinajstić information content (AvgIpc) is 3.04. The van der Waals surface area contributed by atoms with Crippen LogP contribution < -0.4 is 19.5 Å². The number of anilines is 1. The molecule has 31 heavy (non-hydrogen) atoms. The lowest BCUT2D eigenvalue weighted by molar-refractivity contribution is -0.115. The fourth-order valence-electron chi connectivity index (χ4n) is 3.71. The van der Waals surface area contributed by atoms with E-state index >= 15 is 0 Å². The number of rotatable bonds is 5. The Kier molecular flexibility index (Phi) is 5.82. The molecule has 2 unspecified atom stereocenters. The average molecular weight is 440 g/mol. The third kappa shape index (κ3) is 3.83. The van der Waals surface area contributed by atoms with Crippen molar-refractivity contribution in [3.8, 4) is 22.9 Å². The predicted octanol–water partition coefficient (Wildman–Crippen LogP) is 4.37. The number of thioether (sulfide) groups is 1. The summed E-state index contributed by atoms with van der Waals surface area (Å²) in [6, 6.07) is 13.3. The maximum absolute atomic E-state index is 12.9. The first-order chi connectivity index (χ1) is 15.0. The van der Waals surface area contributed by atoms with E-state index < -0.39 is 0 Å². The van der Waals surface area contributed by atoms with Crippen molar-refractivity contribution in [2.75, 3.05) is 26.6 Å². The largest absolute Gasteiger partial charge is 0.497 e. The molecule has 0 bridgehead atoms. The van der Waals surface area contributed by atoms with Crippen molar-refractivity contribution in [2.45, 2.75) is 24.3 Å². The lowest BCUT2D eigenvalue weighted by Crippen LogP contribution is -2.22. The molecule has 2 aromatic carbocycles. The second-order valence-corrected chi connectivity index (χ2v) is 8.66. The number of nitrogens with one attached hydrogen (secondary N) is 1. The molecule has 3 aromatic rings. The van der Waals surface area contributed by atoms with Crippen LogP contribution >= 0.6 is 11.8 Å². The maximum Gasteiger partial charge on any atom is 0.238 e. The number of hydrogen-bond acceptors (Lipinski definition) is 6. The van der Waals surface area contributed by atoms with Crippen LogP contribution in [-0.2, 0) is 4.79 Å². The van der Waals surface area contributed by atoms with Crippen LogP contribution in [0, 0.1) is 6.92 Å². The van der Waals surface area contributed by atoms with Crippen LogP contribution in [-0.4, -0.2) is 42.3 Å². The zero-order valence-electron chi connectivity index (χ0n) is 18.1.